The van der Waals surface area contributed by atoms with Gasteiger partial charge in [0, 0.05) is 44.3 Å². The van der Waals surface area contributed by atoms with Crippen LogP contribution >= 0.6 is 0 Å². The zero-order chi connectivity index (χ0) is 21.7. The van der Waals surface area contributed by atoms with Crippen LogP contribution in [0.25, 0.3) is 27.9 Å². The summed E-state index contributed by atoms with van der Waals surface area (Å²) in [5, 5.41) is 10.9. The van der Waals surface area contributed by atoms with E-state index in [0.29, 0.717) is 49.8 Å². The van der Waals surface area contributed by atoms with Gasteiger partial charge in [-0.3, -0.25) is 9.88 Å². The molecule has 32 heavy (non-hydrogen) atoms. The minimum Gasteiger partial charge on any atom is -0.378 e. The molecule has 164 valence electrons. The number of hydrogen-bond acceptors (Lipinski definition) is 9. The molecule has 2 N–H and O–H groups in total. The van der Waals surface area contributed by atoms with E-state index in [4.69, 9.17) is 4.74 Å². The fourth-order valence-corrected chi connectivity index (χ4v) is 4.30. The van der Waals surface area contributed by atoms with E-state index >= 15 is 0 Å². The minimum atomic E-state index is -0.990. The summed E-state index contributed by atoms with van der Waals surface area (Å²) in [6.07, 6.45) is 4.12. The van der Waals surface area contributed by atoms with Gasteiger partial charge in [-0.1, -0.05) is 0 Å². The van der Waals surface area contributed by atoms with Crippen molar-refractivity contribution in [3.05, 3.63) is 36.8 Å². The van der Waals surface area contributed by atoms with Crippen LogP contribution in [-0.2, 0) is 4.74 Å². The summed E-state index contributed by atoms with van der Waals surface area (Å²) in [5.41, 5.74) is 3.71. The summed E-state index contributed by atoms with van der Waals surface area (Å²) in [6, 6.07) is 5.68. The third-order valence-corrected chi connectivity index (χ3v) is 6.08. The lowest BCUT2D eigenvalue weighted by atomic mass is 10.2. The van der Waals surface area contributed by atoms with Crippen LogP contribution in [0.5, 0.6) is 0 Å². The van der Waals surface area contributed by atoms with Crippen LogP contribution in [0.4, 0.5) is 16.2 Å². The summed E-state index contributed by atoms with van der Waals surface area (Å²) < 4.78 is 21.6. The molecule has 0 amide bonds. The van der Waals surface area contributed by atoms with E-state index in [2.05, 4.69) is 40.6 Å². The quantitative estimate of drug-likeness (QED) is 0.484. The van der Waals surface area contributed by atoms with Crippen molar-refractivity contribution in [1.29, 1.82) is 0 Å². The highest BCUT2D eigenvalue weighted by Crippen LogP contribution is 2.30. The molecule has 0 spiro atoms. The molecule has 0 saturated carbocycles. The Morgan fingerprint density at radius 1 is 1.09 bits per heavy atom. The first-order valence-electron chi connectivity index (χ1n) is 10.6. The molecule has 11 heteroatoms. The van der Waals surface area contributed by atoms with Gasteiger partial charge in [0.2, 0.25) is 5.95 Å². The van der Waals surface area contributed by atoms with Gasteiger partial charge in [0.15, 0.2) is 11.5 Å². The van der Waals surface area contributed by atoms with Crippen LogP contribution in [0.3, 0.4) is 0 Å². The number of halogens is 1. The van der Waals surface area contributed by atoms with Gasteiger partial charge >= 0.3 is 0 Å². The van der Waals surface area contributed by atoms with E-state index in [1.165, 1.54) is 0 Å². The second-order valence-corrected chi connectivity index (χ2v) is 8.06. The number of hydrogen-bond donors (Lipinski definition) is 2. The first-order chi connectivity index (χ1) is 15.7. The standard InChI is InChI=1S/C21H22FN9O/c1-23-20-18-13(15-2-3-16-19(26-15)25-6-5-24-16)4-7-31(18)29-21(28-20)27-17-9-30(8-14(17)22)12-10-32-11-12/h2-7,12,14,17H,8-11H2,1H3,(H2,23,27,28,29). The molecule has 2 saturated heterocycles. The lowest BCUT2D eigenvalue weighted by molar-refractivity contribution is -0.0585. The Balaban J connectivity index is 1.32. The van der Waals surface area contributed by atoms with Crippen LogP contribution in [0.1, 0.15) is 0 Å². The average molecular weight is 435 g/mol. The van der Waals surface area contributed by atoms with Crippen LogP contribution in [0.2, 0.25) is 0 Å². The van der Waals surface area contributed by atoms with Crippen molar-refractivity contribution in [2.24, 2.45) is 0 Å². The van der Waals surface area contributed by atoms with Gasteiger partial charge in [-0.25, -0.2) is 18.9 Å². The van der Waals surface area contributed by atoms with Gasteiger partial charge in [0.25, 0.3) is 0 Å². The van der Waals surface area contributed by atoms with Gasteiger partial charge in [-0.05, 0) is 18.2 Å². The van der Waals surface area contributed by atoms with Gasteiger partial charge in [0.1, 0.15) is 17.2 Å². The van der Waals surface area contributed by atoms with Crippen LogP contribution < -0.4 is 10.6 Å². The Morgan fingerprint density at radius 3 is 2.78 bits per heavy atom. The maximum atomic E-state index is 14.7. The molecule has 6 rings (SSSR count). The summed E-state index contributed by atoms with van der Waals surface area (Å²) in [5.74, 6) is 1.00. The SMILES string of the molecule is CNc1nc(NC2CN(C3COC3)CC2F)nn2ccc(-c3ccc4nccnc4n3)c12. The van der Waals surface area contributed by atoms with E-state index in [-0.39, 0.29) is 6.04 Å². The number of alkyl halides is 1. The molecule has 0 aliphatic carbocycles. The molecular weight excluding hydrogens is 413 g/mol. The van der Waals surface area contributed by atoms with E-state index < -0.39 is 6.17 Å². The number of pyridine rings is 1. The predicted molar refractivity (Wildman–Crippen MR) is 117 cm³/mol. The maximum absolute atomic E-state index is 14.7. The van der Waals surface area contributed by atoms with Crippen molar-refractivity contribution in [2.75, 3.05) is 44.0 Å². The van der Waals surface area contributed by atoms with E-state index in [1.54, 1.807) is 24.0 Å². The molecule has 0 radical (unpaired) electrons. The van der Waals surface area contributed by atoms with Gasteiger partial charge in [-0.2, -0.15) is 4.98 Å². The third kappa shape index (κ3) is 3.21. The Labute approximate surface area is 182 Å². The van der Waals surface area contributed by atoms with Crippen molar-refractivity contribution in [3.8, 4) is 11.3 Å². The Morgan fingerprint density at radius 2 is 1.97 bits per heavy atom. The summed E-state index contributed by atoms with van der Waals surface area (Å²) in [6.45, 7) is 2.35. The minimum absolute atomic E-state index is 0.308. The van der Waals surface area contributed by atoms with E-state index in [9.17, 15) is 4.39 Å². The normalized spacial score (nSPS) is 21.8. The topological polar surface area (TPSA) is 105 Å². The van der Waals surface area contributed by atoms with Crippen LogP contribution in [0, 0.1) is 0 Å². The van der Waals surface area contributed by atoms with Crippen LogP contribution in [0.15, 0.2) is 36.8 Å². The predicted octanol–water partition coefficient (Wildman–Crippen LogP) is 1.61. The maximum Gasteiger partial charge on any atom is 0.243 e. The molecule has 10 nitrogen and oxygen atoms in total. The fourth-order valence-electron chi connectivity index (χ4n) is 4.30. The molecule has 2 atom stereocenters. The molecule has 0 aromatic carbocycles. The third-order valence-electron chi connectivity index (χ3n) is 6.08. The summed E-state index contributed by atoms with van der Waals surface area (Å²) in [4.78, 5) is 20.0. The number of aromatic nitrogens is 6. The monoisotopic (exact) mass is 435 g/mol. The van der Waals surface area contributed by atoms with Crippen LogP contribution in [-0.4, -0.2) is 86.1 Å². The number of ether oxygens (including phenoxy) is 1. The summed E-state index contributed by atoms with van der Waals surface area (Å²) in [7, 11) is 1.80. The molecule has 2 aliphatic heterocycles. The molecule has 6 heterocycles. The lowest BCUT2D eigenvalue weighted by Gasteiger charge is -2.34. The van der Waals surface area contributed by atoms with Crippen molar-refractivity contribution in [2.45, 2.75) is 18.3 Å². The van der Waals surface area contributed by atoms with E-state index in [0.717, 1.165) is 22.3 Å². The Kier molecular flexibility index (Phi) is 4.58. The zero-order valence-electron chi connectivity index (χ0n) is 17.4. The van der Waals surface area contributed by atoms with Crippen molar-refractivity contribution >= 4 is 28.4 Å². The van der Waals surface area contributed by atoms with Gasteiger partial charge in [-0.15, -0.1) is 5.10 Å². The fraction of sp³-hybridized carbons (Fsp3) is 0.381. The number of nitrogens with one attached hydrogen (secondary N) is 2. The molecule has 4 aromatic heterocycles. The smallest absolute Gasteiger partial charge is 0.243 e. The molecule has 4 aromatic rings. The molecular formula is C21H22FN9O. The first kappa shape index (κ1) is 19.3. The molecule has 0 bridgehead atoms. The number of nitrogens with zero attached hydrogens (tertiary/aromatic N) is 7. The number of rotatable bonds is 5. The number of anilines is 2. The highest BCUT2D eigenvalue weighted by molar-refractivity contribution is 5.89. The molecule has 2 aliphatic rings. The van der Waals surface area contributed by atoms with Gasteiger partial charge in [0.05, 0.1) is 31.0 Å². The Hall–Kier alpha value is -3.44. The lowest BCUT2D eigenvalue weighted by Crippen LogP contribution is -2.48. The second kappa shape index (κ2) is 7.61. The number of likely N-dealkylation sites (tertiary alicyclic amines) is 1. The average Bonchev–Trinajstić information content (AvgIpc) is 3.35. The first-order valence-corrected chi connectivity index (χ1v) is 10.6. The Bertz CT molecular complexity index is 1290. The van der Waals surface area contributed by atoms with Gasteiger partial charge < -0.3 is 15.4 Å². The second-order valence-electron chi connectivity index (χ2n) is 8.06. The van der Waals surface area contributed by atoms with Crippen molar-refractivity contribution in [1.82, 2.24) is 34.4 Å². The summed E-state index contributed by atoms with van der Waals surface area (Å²) >= 11 is 0. The highest BCUT2D eigenvalue weighted by atomic mass is 19.1. The number of fused-ring (bicyclic) bond motifs is 2. The van der Waals surface area contributed by atoms with Crippen molar-refractivity contribution < 1.29 is 9.13 Å². The van der Waals surface area contributed by atoms with Crippen molar-refractivity contribution in [3.63, 3.8) is 0 Å². The molecule has 2 unspecified atom stereocenters. The largest absolute Gasteiger partial charge is 0.378 e. The van der Waals surface area contributed by atoms with E-state index in [1.807, 2.05) is 24.4 Å². The molecule has 2 fully saturated rings. The highest BCUT2D eigenvalue weighted by Gasteiger charge is 2.39. The zero-order valence-corrected chi connectivity index (χ0v) is 17.4.